The number of nitrogens with one attached hydrogen (secondary N) is 2. The molecule has 0 atom stereocenters. The number of amides is 1. The number of aromatic amines is 1. The van der Waals surface area contributed by atoms with Crippen molar-refractivity contribution in [1.82, 2.24) is 14.9 Å². The lowest BCUT2D eigenvalue weighted by Gasteiger charge is -2.26. The minimum atomic E-state index is -0.629. The molecule has 1 aromatic carbocycles. The summed E-state index contributed by atoms with van der Waals surface area (Å²) in [6.45, 7) is 2.61. The van der Waals surface area contributed by atoms with Crippen LogP contribution in [0.3, 0.4) is 0 Å². The van der Waals surface area contributed by atoms with Crippen molar-refractivity contribution in [3.05, 3.63) is 56.7 Å². The Morgan fingerprint density at radius 2 is 2.00 bits per heavy atom. The van der Waals surface area contributed by atoms with Crippen molar-refractivity contribution >= 4 is 34.7 Å². The van der Waals surface area contributed by atoms with Gasteiger partial charge in [-0.25, -0.2) is 4.79 Å². The fourth-order valence-corrected chi connectivity index (χ4v) is 3.30. The highest BCUT2D eigenvalue weighted by molar-refractivity contribution is 7.80. The quantitative estimate of drug-likeness (QED) is 0.592. The molecule has 1 heterocycles. The molecule has 9 heteroatoms. The number of carbonyl (C=O) groups excluding carboxylic acids is 1. The summed E-state index contributed by atoms with van der Waals surface area (Å²) in [5.74, 6) is -0.158. The molecule has 29 heavy (non-hydrogen) atoms. The minimum Gasteiger partial charge on any atom is -0.383 e. The number of unbranched alkanes of at least 4 members (excludes halogenated alkanes) is 1. The third-order valence-corrected chi connectivity index (χ3v) is 5.15. The molecule has 1 saturated carbocycles. The van der Waals surface area contributed by atoms with Gasteiger partial charge in [0.1, 0.15) is 5.82 Å². The number of nitrogens with two attached hydrogens (primary N) is 1. The molecule has 4 N–H and O–H groups in total. The van der Waals surface area contributed by atoms with Crippen LogP contribution in [0.25, 0.3) is 0 Å². The van der Waals surface area contributed by atoms with Crippen LogP contribution in [0.1, 0.15) is 38.2 Å². The molecule has 3 rings (SSSR count). The van der Waals surface area contributed by atoms with E-state index in [1.54, 1.807) is 0 Å². The van der Waals surface area contributed by atoms with Crippen LogP contribution in [-0.2, 0) is 11.3 Å². The zero-order chi connectivity index (χ0) is 21.0. The van der Waals surface area contributed by atoms with Crippen LogP contribution in [0.4, 0.5) is 11.5 Å². The molecule has 1 aromatic heterocycles. The molecule has 0 radical (unpaired) electrons. The maximum absolute atomic E-state index is 12.6. The van der Waals surface area contributed by atoms with Gasteiger partial charge in [0.05, 0.1) is 6.54 Å². The lowest BCUT2D eigenvalue weighted by Crippen LogP contribution is -2.47. The van der Waals surface area contributed by atoms with E-state index >= 15 is 0 Å². The molecule has 1 fully saturated rings. The number of anilines is 2. The van der Waals surface area contributed by atoms with Crippen molar-refractivity contribution in [1.29, 1.82) is 0 Å². The smallest absolute Gasteiger partial charge is 0.330 e. The Hall–Kier alpha value is -2.94. The number of hydrogen-bond acceptors (Lipinski definition) is 5. The monoisotopic (exact) mass is 415 g/mol. The molecule has 0 unspecified atom stereocenters. The van der Waals surface area contributed by atoms with Crippen LogP contribution >= 0.6 is 12.2 Å². The molecule has 2 aromatic rings. The first-order valence-corrected chi connectivity index (χ1v) is 10.1. The zero-order valence-electron chi connectivity index (χ0n) is 16.3. The van der Waals surface area contributed by atoms with Crippen molar-refractivity contribution in [3.63, 3.8) is 0 Å². The number of hydrogen-bond donors (Lipinski definition) is 3. The highest BCUT2D eigenvalue weighted by Gasteiger charge is 2.31. The van der Waals surface area contributed by atoms with Crippen LogP contribution in [0.15, 0.2) is 39.9 Å². The van der Waals surface area contributed by atoms with Gasteiger partial charge >= 0.3 is 5.69 Å². The number of nitrogen functional groups attached to an aromatic ring is 1. The van der Waals surface area contributed by atoms with Crippen molar-refractivity contribution in [2.24, 2.45) is 5.92 Å². The van der Waals surface area contributed by atoms with Gasteiger partial charge in [-0.1, -0.05) is 43.7 Å². The summed E-state index contributed by atoms with van der Waals surface area (Å²) in [7, 11) is 0. The molecular formula is C20H25N5O3S. The molecule has 1 aliphatic rings. The zero-order valence-corrected chi connectivity index (χ0v) is 17.1. The predicted octanol–water partition coefficient (Wildman–Crippen LogP) is 1.58. The van der Waals surface area contributed by atoms with E-state index in [9.17, 15) is 14.4 Å². The van der Waals surface area contributed by atoms with E-state index in [2.05, 4.69) is 10.3 Å². The fraction of sp³-hybridized carbons (Fsp3) is 0.400. The van der Waals surface area contributed by atoms with Crippen LogP contribution in [0.2, 0.25) is 0 Å². The van der Waals surface area contributed by atoms with E-state index in [1.807, 2.05) is 37.3 Å². The summed E-state index contributed by atoms with van der Waals surface area (Å²) < 4.78 is 1.30. The number of thiocarbonyl (C=S) groups is 1. The summed E-state index contributed by atoms with van der Waals surface area (Å²) in [5.41, 5.74) is 6.00. The van der Waals surface area contributed by atoms with Gasteiger partial charge in [-0.2, -0.15) is 0 Å². The molecule has 8 nitrogen and oxygen atoms in total. The fourth-order valence-electron chi connectivity index (χ4n) is 3.01. The van der Waals surface area contributed by atoms with Gasteiger partial charge in [-0.3, -0.25) is 19.1 Å². The average molecular weight is 416 g/mol. The standard InChI is InChI=1S/C20H25N5O3S/c1-2-3-11-24(20(29)23-17(26)14-9-10-14)15-16(21)25(19(28)22-18(15)27)12-13-7-5-4-6-8-13/h4-8,14H,2-3,9-12,21H2,1H3,(H,22,27,28)(H,23,26,29). The van der Waals surface area contributed by atoms with Gasteiger partial charge in [0.2, 0.25) is 5.91 Å². The summed E-state index contributed by atoms with van der Waals surface area (Å²) in [6, 6.07) is 9.33. The van der Waals surface area contributed by atoms with E-state index in [1.165, 1.54) is 9.47 Å². The van der Waals surface area contributed by atoms with Crippen molar-refractivity contribution < 1.29 is 4.79 Å². The summed E-state index contributed by atoms with van der Waals surface area (Å²) in [4.78, 5) is 41.1. The molecule has 0 aliphatic heterocycles. The maximum Gasteiger partial charge on any atom is 0.330 e. The molecule has 0 saturated heterocycles. The van der Waals surface area contributed by atoms with Crippen LogP contribution < -0.4 is 27.2 Å². The lowest BCUT2D eigenvalue weighted by molar-refractivity contribution is -0.120. The molecule has 0 spiro atoms. The Balaban J connectivity index is 1.98. The van der Waals surface area contributed by atoms with E-state index in [0.29, 0.717) is 6.54 Å². The first-order valence-electron chi connectivity index (χ1n) is 9.71. The average Bonchev–Trinajstić information content (AvgIpc) is 3.53. The van der Waals surface area contributed by atoms with Gasteiger partial charge in [-0.15, -0.1) is 0 Å². The number of aromatic nitrogens is 2. The summed E-state index contributed by atoms with van der Waals surface area (Å²) in [5, 5.41) is 2.83. The molecule has 0 bridgehead atoms. The number of rotatable bonds is 7. The van der Waals surface area contributed by atoms with E-state index < -0.39 is 11.2 Å². The van der Waals surface area contributed by atoms with Crippen molar-refractivity contribution in [2.45, 2.75) is 39.2 Å². The van der Waals surface area contributed by atoms with Gasteiger partial charge in [0.15, 0.2) is 10.8 Å². The Labute approximate surface area is 173 Å². The van der Waals surface area contributed by atoms with Crippen molar-refractivity contribution in [3.8, 4) is 0 Å². The van der Waals surface area contributed by atoms with Crippen LogP contribution in [0, 0.1) is 5.92 Å². The second kappa shape index (κ2) is 9.04. The molecular weight excluding hydrogens is 390 g/mol. The van der Waals surface area contributed by atoms with E-state index in [0.717, 1.165) is 31.2 Å². The number of carbonyl (C=O) groups is 1. The largest absolute Gasteiger partial charge is 0.383 e. The van der Waals surface area contributed by atoms with Crippen LogP contribution in [0.5, 0.6) is 0 Å². The molecule has 1 aliphatic carbocycles. The SMILES string of the molecule is CCCCN(C(=S)NC(=O)C1CC1)c1c(N)n(Cc2ccccc2)c(=O)[nH]c1=O. The number of benzene rings is 1. The maximum atomic E-state index is 12.6. The Morgan fingerprint density at radius 3 is 2.62 bits per heavy atom. The highest BCUT2D eigenvalue weighted by atomic mass is 32.1. The van der Waals surface area contributed by atoms with Gasteiger partial charge in [-0.05, 0) is 37.0 Å². The predicted molar refractivity (Wildman–Crippen MR) is 117 cm³/mol. The first kappa shape index (κ1) is 20.8. The normalized spacial score (nSPS) is 13.1. The lowest BCUT2D eigenvalue weighted by atomic mass is 10.2. The minimum absolute atomic E-state index is 0.0155. The van der Waals surface area contributed by atoms with Crippen molar-refractivity contribution in [2.75, 3.05) is 17.2 Å². The highest BCUT2D eigenvalue weighted by Crippen LogP contribution is 2.29. The third-order valence-electron chi connectivity index (χ3n) is 4.83. The second-order valence-corrected chi connectivity index (χ2v) is 7.53. The molecule has 154 valence electrons. The Kier molecular flexibility index (Phi) is 6.48. The topological polar surface area (TPSA) is 113 Å². The Morgan fingerprint density at radius 1 is 1.31 bits per heavy atom. The first-order chi connectivity index (χ1) is 13.9. The van der Waals surface area contributed by atoms with E-state index in [-0.39, 0.29) is 35.0 Å². The molecule has 1 amide bonds. The summed E-state index contributed by atoms with van der Waals surface area (Å²) in [6.07, 6.45) is 3.27. The van der Waals surface area contributed by atoms with Gasteiger partial charge in [0.25, 0.3) is 5.56 Å². The van der Waals surface area contributed by atoms with E-state index in [4.69, 9.17) is 18.0 Å². The second-order valence-electron chi connectivity index (χ2n) is 7.14. The third kappa shape index (κ3) is 4.92. The van der Waals surface area contributed by atoms with Gasteiger partial charge < -0.3 is 16.0 Å². The van der Waals surface area contributed by atoms with Gasteiger partial charge in [0, 0.05) is 12.5 Å². The number of H-pyrrole nitrogens is 1. The number of nitrogens with zero attached hydrogens (tertiary/aromatic N) is 2. The Bertz CT molecular complexity index is 1010. The van der Waals surface area contributed by atoms with Crippen LogP contribution in [-0.4, -0.2) is 27.1 Å². The summed E-state index contributed by atoms with van der Waals surface area (Å²) >= 11 is 5.42.